The van der Waals surface area contributed by atoms with Crippen LogP contribution in [-0.4, -0.2) is 31.2 Å². The van der Waals surface area contributed by atoms with Crippen LogP contribution in [-0.2, 0) is 0 Å². The van der Waals surface area contributed by atoms with Crippen molar-refractivity contribution in [2.24, 2.45) is 5.73 Å². The van der Waals surface area contributed by atoms with Gasteiger partial charge in [0, 0.05) is 5.69 Å². The van der Waals surface area contributed by atoms with Crippen molar-refractivity contribution in [1.82, 2.24) is 9.78 Å². The summed E-state index contributed by atoms with van der Waals surface area (Å²) in [6, 6.07) is 1.88. The molecule has 0 aliphatic heterocycles. The number of aromatic nitrogens is 2. The van der Waals surface area contributed by atoms with Crippen molar-refractivity contribution in [1.29, 1.82) is 5.41 Å². The molecule has 1 aromatic rings. The zero-order valence-electron chi connectivity index (χ0n) is 7.80. The lowest BCUT2D eigenvalue weighted by atomic mass is 10.4. The third-order valence-corrected chi connectivity index (χ3v) is 1.24. The Morgan fingerprint density at radius 1 is 1.64 bits per heavy atom. The minimum Gasteiger partial charge on any atom is -0.368 e. The molecule has 0 saturated carbocycles. The van der Waals surface area contributed by atoms with Crippen LogP contribution in [0.4, 0.5) is 0 Å². The Morgan fingerprint density at radius 2 is 2.07 bits per heavy atom. The lowest BCUT2D eigenvalue weighted by Gasteiger charge is -1.97. The van der Waals surface area contributed by atoms with E-state index in [4.69, 9.17) is 26.5 Å². The van der Waals surface area contributed by atoms with E-state index < -0.39 is 5.09 Å². The molecule has 1 rings (SSSR count). The second-order valence-electron chi connectivity index (χ2n) is 2.48. The maximum absolute atomic E-state index is 8.47. The highest BCUT2D eigenvalue weighted by Gasteiger charge is 2.00. The molecule has 0 bridgehead atoms. The van der Waals surface area contributed by atoms with Crippen LogP contribution in [0.15, 0.2) is 6.07 Å². The van der Waals surface area contributed by atoms with E-state index in [1.54, 1.807) is 0 Å². The fourth-order valence-corrected chi connectivity index (χ4v) is 0.873. The summed E-state index contributed by atoms with van der Waals surface area (Å²) in [5.41, 5.74) is 6.99. The first kappa shape index (κ1) is 11.9. The van der Waals surface area contributed by atoms with E-state index in [1.165, 1.54) is 4.68 Å². The second-order valence-corrected chi connectivity index (χ2v) is 2.48. The maximum Gasteiger partial charge on any atom is 0.472 e. The normalized spacial score (nSPS) is 8.71. The van der Waals surface area contributed by atoms with Gasteiger partial charge in [-0.3, -0.25) is 5.41 Å². The topological polar surface area (TPSA) is 128 Å². The first-order valence-electron chi connectivity index (χ1n) is 3.57. The average molecular weight is 202 g/mol. The molecule has 5 N–H and O–H groups in total. The first-order valence-corrected chi connectivity index (χ1v) is 3.57. The van der Waals surface area contributed by atoms with Crippen LogP contribution in [0.25, 0.3) is 0 Å². The van der Waals surface area contributed by atoms with Crippen LogP contribution >= 0.6 is 0 Å². The summed E-state index contributed by atoms with van der Waals surface area (Å²) in [6.45, 7) is 3.73. The van der Waals surface area contributed by atoms with Crippen molar-refractivity contribution in [2.45, 2.75) is 13.8 Å². The zero-order valence-corrected chi connectivity index (χ0v) is 7.80. The molecule has 78 valence electrons. The van der Waals surface area contributed by atoms with Gasteiger partial charge in [-0.25, -0.2) is 15.1 Å². The maximum atomic E-state index is 8.47. The predicted octanol–water partition coefficient (Wildman–Crippen LogP) is -0.215. The summed E-state index contributed by atoms with van der Waals surface area (Å²) in [6.07, 6.45) is 0. The number of nitrogens with one attached hydrogen (secondary N) is 1. The Balaban J connectivity index is 0.000000364. The summed E-state index contributed by atoms with van der Waals surface area (Å²) < 4.78 is 1.40. The van der Waals surface area contributed by atoms with Gasteiger partial charge < -0.3 is 5.73 Å². The zero-order chi connectivity index (χ0) is 11.3. The molecule has 0 amide bonds. The van der Waals surface area contributed by atoms with Crippen molar-refractivity contribution < 1.29 is 15.5 Å². The minimum atomic E-state index is -1.25. The average Bonchev–Trinajstić information content (AvgIpc) is 2.28. The van der Waals surface area contributed by atoms with Crippen LogP contribution in [0, 0.1) is 24.2 Å². The van der Waals surface area contributed by atoms with Crippen LogP contribution in [0.5, 0.6) is 0 Å². The van der Waals surface area contributed by atoms with Gasteiger partial charge >= 0.3 is 5.09 Å². The van der Waals surface area contributed by atoms with Gasteiger partial charge in [0.1, 0.15) is 4.91 Å². The van der Waals surface area contributed by atoms with Gasteiger partial charge in [-0.05, 0) is 19.9 Å². The molecule has 0 spiro atoms. The number of nitrogens with two attached hydrogens (primary N) is 1. The molecule has 0 saturated heterocycles. The van der Waals surface area contributed by atoms with Crippen molar-refractivity contribution in [3.05, 3.63) is 22.4 Å². The van der Waals surface area contributed by atoms with E-state index in [0.717, 1.165) is 11.4 Å². The largest absolute Gasteiger partial charge is 0.472 e. The number of nitrogens with zero attached hydrogens (tertiary/aromatic N) is 3. The van der Waals surface area contributed by atoms with Crippen molar-refractivity contribution in [3.8, 4) is 0 Å². The van der Waals surface area contributed by atoms with Gasteiger partial charge in [0.05, 0.1) is 5.69 Å². The number of rotatable bonds is 0. The monoisotopic (exact) mass is 202 g/mol. The Morgan fingerprint density at radius 3 is 2.21 bits per heavy atom. The Kier molecular flexibility index (Phi) is 4.07. The lowest BCUT2D eigenvalue weighted by molar-refractivity contribution is -0.969. The van der Waals surface area contributed by atoms with E-state index >= 15 is 0 Å². The van der Waals surface area contributed by atoms with E-state index in [1.807, 2.05) is 19.9 Å². The highest BCUT2D eigenvalue weighted by atomic mass is 16.9. The molecule has 0 atom stereocenters. The third kappa shape index (κ3) is 4.04. The minimum absolute atomic E-state index is 0.0365. The first-order chi connectivity index (χ1) is 6.34. The Labute approximate surface area is 79.6 Å². The molecule has 14 heavy (non-hydrogen) atoms. The van der Waals surface area contributed by atoms with Crippen molar-refractivity contribution >= 4 is 5.96 Å². The number of hydrogen-bond donors (Lipinski definition) is 4. The van der Waals surface area contributed by atoms with Crippen LogP contribution in [0.1, 0.15) is 11.4 Å². The van der Waals surface area contributed by atoms with Gasteiger partial charge in [0.2, 0.25) is 5.96 Å². The van der Waals surface area contributed by atoms with Crippen LogP contribution in [0.3, 0.4) is 0 Å². The molecule has 0 fully saturated rings. The van der Waals surface area contributed by atoms with Gasteiger partial charge in [0.15, 0.2) is 0 Å². The summed E-state index contributed by atoms with van der Waals surface area (Å²) in [4.78, 5) is 8.47. The smallest absolute Gasteiger partial charge is 0.368 e. The molecule has 8 nitrogen and oxygen atoms in total. The highest BCUT2D eigenvalue weighted by Crippen LogP contribution is 1.98. The SMILES string of the molecule is Cc1cc(C)n(C(=N)N)n1.O=[N+](O)O. The summed E-state index contributed by atoms with van der Waals surface area (Å²) in [7, 11) is 0. The second kappa shape index (κ2) is 4.80. The number of nitrogen functional groups attached to an aromatic ring is 1. The lowest BCUT2D eigenvalue weighted by Crippen LogP contribution is -2.22. The Bertz CT molecular complexity index is 341. The van der Waals surface area contributed by atoms with Crippen molar-refractivity contribution in [3.63, 3.8) is 0 Å². The van der Waals surface area contributed by atoms with E-state index in [0.29, 0.717) is 0 Å². The van der Waals surface area contributed by atoms with Crippen LogP contribution < -0.4 is 5.73 Å². The summed E-state index contributed by atoms with van der Waals surface area (Å²) in [5.74, 6) is -0.0365. The number of aryl methyl sites for hydroxylation is 2. The fourth-order valence-electron chi connectivity index (χ4n) is 0.873. The molecule has 0 aromatic carbocycles. The third-order valence-electron chi connectivity index (χ3n) is 1.24. The van der Waals surface area contributed by atoms with E-state index in [2.05, 4.69) is 5.10 Å². The molecule has 0 aliphatic rings. The summed E-state index contributed by atoms with van der Waals surface area (Å²) in [5, 5.41) is 23.6. The van der Waals surface area contributed by atoms with Gasteiger partial charge in [-0.1, -0.05) is 0 Å². The van der Waals surface area contributed by atoms with Gasteiger partial charge in [-0.2, -0.15) is 5.10 Å². The molecule has 1 heterocycles. The van der Waals surface area contributed by atoms with Gasteiger partial charge in [0.25, 0.3) is 0 Å². The quantitative estimate of drug-likeness (QED) is 0.263. The molecular weight excluding hydrogens is 190 g/mol. The molecule has 0 unspecified atom stereocenters. The van der Waals surface area contributed by atoms with Crippen molar-refractivity contribution in [2.75, 3.05) is 0 Å². The molecular formula is C6H12N5O3+. The molecule has 1 aromatic heterocycles. The fraction of sp³-hybridized carbons (Fsp3) is 0.333. The van der Waals surface area contributed by atoms with E-state index in [9.17, 15) is 0 Å². The standard InChI is InChI=1S/C6H10N4.H2NO3/c1-4-3-5(2)10(9-4)6(7)8;2-1(3)4/h3H,1-2H3,(H3,7,8);(H2,2,3,4)/q;+1. The van der Waals surface area contributed by atoms with Gasteiger partial charge in [-0.15, -0.1) is 0 Å². The molecule has 8 heteroatoms. The number of hydrogen-bond acceptors (Lipinski definition) is 3. The summed E-state index contributed by atoms with van der Waals surface area (Å²) >= 11 is 0. The molecule has 0 radical (unpaired) electrons. The molecule has 0 aliphatic carbocycles. The highest BCUT2D eigenvalue weighted by molar-refractivity contribution is 5.76. The Hall–Kier alpha value is -2.12. The van der Waals surface area contributed by atoms with Crippen LogP contribution in [0.2, 0.25) is 0 Å². The predicted molar refractivity (Wildman–Crippen MR) is 46.2 cm³/mol. The van der Waals surface area contributed by atoms with E-state index in [-0.39, 0.29) is 5.96 Å².